The van der Waals surface area contributed by atoms with Crippen LogP contribution in [-0.2, 0) is 11.3 Å². The van der Waals surface area contributed by atoms with E-state index in [1.54, 1.807) is 11.3 Å². The highest BCUT2D eigenvalue weighted by atomic mass is 32.1. The van der Waals surface area contributed by atoms with E-state index in [0.29, 0.717) is 18.4 Å². The van der Waals surface area contributed by atoms with Crippen molar-refractivity contribution in [3.63, 3.8) is 0 Å². The van der Waals surface area contributed by atoms with Crippen LogP contribution in [0.4, 0.5) is 0 Å². The van der Waals surface area contributed by atoms with E-state index in [9.17, 15) is 4.79 Å². The molecule has 0 saturated carbocycles. The lowest BCUT2D eigenvalue weighted by atomic mass is 10.1. The summed E-state index contributed by atoms with van der Waals surface area (Å²) in [5.74, 6) is 1.27. The lowest BCUT2D eigenvalue weighted by Gasteiger charge is -2.28. The molecule has 0 aliphatic carbocycles. The Morgan fingerprint density at radius 2 is 1.80 bits per heavy atom. The van der Waals surface area contributed by atoms with Gasteiger partial charge in [-0.15, -0.1) is 11.3 Å². The second-order valence-corrected chi connectivity index (χ2v) is 7.37. The number of hydrogen-bond donors (Lipinski definition) is 0. The molecule has 0 N–H and O–H groups in total. The largest absolute Gasteiger partial charge is 0.341 e. The van der Waals surface area contributed by atoms with E-state index in [-0.39, 0.29) is 5.91 Å². The van der Waals surface area contributed by atoms with Crippen LogP contribution in [-0.4, -0.2) is 42.4 Å². The van der Waals surface area contributed by atoms with Crippen molar-refractivity contribution in [1.29, 1.82) is 0 Å². The van der Waals surface area contributed by atoms with Gasteiger partial charge in [0.15, 0.2) is 0 Å². The molecule has 114 valence electrons. The van der Waals surface area contributed by atoms with Gasteiger partial charge in [-0.3, -0.25) is 9.69 Å². The molecule has 0 bridgehead atoms. The number of carbonyl (C=O) groups excluding carboxylic acids is 1. The van der Waals surface area contributed by atoms with Crippen molar-refractivity contribution in [3.05, 3.63) is 22.4 Å². The Morgan fingerprint density at radius 1 is 1.20 bits per heavy atom. The van der Waals surface area contributed by atoms with Crippen molar-refractivity contribution in [1.82, 2.24) is 9.80 Å². The number of hydrogen-bond acceptors (Lipinski definition) is 3. The predicted molar refractivity (Wildman–Crippen MR) is 86.9 cm³/mol. The summed E-state index contributed by atoms with van der Waals surface area (Å²) >= 11 is 1.74. The molecule has 0 unspecified atom stereocenters. The zero-order chi connectivity index (χ0) is 15.1. The minimum Gasteiger partial charge on any atom is -0.341 e. The summed E-state index contributed by atoms with van der Waals surface area (Å²) in [6.07, 6.45) is 0. The number of rotatable bonds is 8. The van der Waals surface area contributed by atoms with E-state index in [2.05, 4.69) is 50.1 Å². The molecule has 0 saturated heterocycles. The van der Waals surface area contributed by atoms with Gasteiger partial charge >= 0.3 is 0 Å². The predicted octanol–water partition coefficient (Wildman–Crippen LogP) is 3.32. The monoisotopic (exact) mass is 296 g/mol. The summed E-state index contributed by atoms with van der Waals surface area (Å²) in [6, 6.07) is 4.17. The quantitative estimate of drug-likeness (QED) is 0.735. The summed E-state index contributed by atoms with van der Waals surface area (Å²) in [5.41, 5.74) is 0. The molecule has 1 heterocycles. The van der Waals surface area contributed by atoms with Crippen LogP contribution in [0.15, 0.2) is 17.5 Å². The fourth-order valence-corrected chi connectivity index (χ4v) is 3.00. The average molecular weight is 296 g/mol. The second-order valence-electron chi connectivity index (χ2n) is 6.34. The van der Waals surface area contributed by atoms with E-state index < -0.39 is 0 Å². The van der Waals surface area contributed by atoms with Gasteiger partial charge in [-0.1, -0.05) is 33.8 Å². The van der Waals surface area contributed by atoms with Gasteiger partial charge in [0.05, 0.1) is 6.54 Å². The van der Waals surface area contributed by atoms with Crippen LogP contribution < -0.4 is 0 Å². The first-order valence-corrected chi connectivity index (χ1v) is 8.25. The lowest BCUT2D eigenvalue weighted by Crippen LogP contribution is -2.42. The molecule has 20 heavy (non-hydrogen) atoms. The minimum atomic E-state index is 0.242. The zero-order valence-corrected chi connectivity index (χ0v) is 14.2. The van der Waals surface area contributed by atoms with E-state index in [0.717, 1.165) is 19.6 Å². The molecule has 0 radical (unpaired) electrons. The fourth-order valence-electron chi connectivity index (χ4n) is 2.22. The van der Waals surface area contributed by atoms with Crippen molar-refractivity contribution >= 4 is 17.2 Å². The number of nitrogens with zero attached hydrogens (tertiary/aromatic N) is 2. The number of likely N-dealkylation sites (N-methyl/N-ethyl adjacent to an activating group) is 1. The first kappa shape index (κ1) is 17.2. The van der Waals surface area contributed by atoms with Crippen molar-refractivity contribution < 1.29 is 4.79 Å². The summed E-state index contributed by atoms with van der Waals surface area (Å²) < 4.78 is 0. The molecule has 0 aliphatic rings. The highest BCUT2D eigenvalue weighted by molar-refractivity contribution is 7.09. The van der Waals surface area contributed by atoms with Gasteiger partial charge in [0.1, 0.15) is 0 Å². The molecule has 4 heteroatoms. The molecule has 0 spiro atoms. The fraction of sp³-hybridized carbons (Fsp3) is 0.688. The minimum absolute atomic E-state index is 0.242. The van der Waals surface area contributed by atoms with Gasteiger partial charge in [0.25, 0.3) is 0 Å². The molecule has 0 aliphatic heterocycles. The van der Waals surface area contributed by atoms with Crippen LogP contribution in [0, 0.1) is 11.8 Å². The summed E-state index contributed by atoms with van der Waals surface area (Å²) in [7, 11) is 2.01. The van der Waals surface area contributed by atoms with Gasteiger partial charge in [-0.25, -0.2) is 0 Å². The van der Waals surface area contributed by atoms with E-state index >= 15 is 0 Å². The van der Waals surface area contributed by atoms with E-state index in [1.165, 1.54) is 4.88 Å². The van der Waals surface area contributed by atoms with Gasteiger partial charge in [0, 0.05) is 24.5 Å². The van der Waals surface area contributed by atoms with Gasteiger partial charge in [0.2, 0.25) is 5.91 Å². The van der Waals surface area contributed by atoms with Crippen molar-refractivity contribution in [3.8, 4) is 0 Å². The molecule has 3 nitrogen and oxygen atoms in total. The van der Waals surface area contributed by atoms with Crippen LogP contribution in [0.2, 0.25) is 0 Å². The van der Waals surface area contributed by atoms with Crippen molar-refractivity contribution in [2.24, 2.45) is 11.8 Å². The van der Waals surface area contributed by atoms with Crippen LogP contribution in [0.3, 0.4) is 0 Å². The van der Waals surface area contributed by atoms with Crippen molar-refractivity contribution in [2.75, 3.05) is 26.7 Å². The SMILES string of the molecule is CC(C)CN(CC(C)C)C(=O)CN(C)Cc1cccs1. The second kappa shape index (κ2) is 8.42. The normalized spacial score (nSPS) is 11.6. The van der Waals surface area contributed by atoms with E-state index in [4.69, 9.17) is 0 Å². The van der Waals surface area contributed by atoms with Crippen molar-refractivity contribution in [2.45, 2.75) is 34.2 Å². The third kappa shape index (κ3) is 6.53. The molecule has 0 fully saturated rings. The summed E-state index contributed by atoms with van der Waals surface area (Å²) in [6.45, 7) is 11.7. The maximum Gasteiger partial charge on any atom is 0.236 e. The highest BCUT2D eigenvalue weighted by Crippen LogP contribution is 2.11. The Bertz CT molecular complexity index is 377. The molecule has 1 aromatic rings. The Balaban J connectivity index is 2.51. The lowest BCUT2D eigenvalue weighted by molar-refractivity contribution is -0.133. The molecule has 1 amide bonds. The molecule has 1 rings (SSSR count). The first-order chi connectivity index (χ1) is 9.38. The zero-order valence-electron chi connectivity index (χ0n) is 13.4. The smallest absolute Gasteiger partial charge is 0.236 e. The number of carbonyl (C=O) groups is 1. The van der Waals surface area contributed by atoms with Crippen LogP contribution >= 0.6 is 11.3 Å². The van der Waals surface area contributed by atoms with Gasteiger partial charge < -0.3 is 4.90 Å². The average Bonchev–Trinajstić information content (AvgIpc) is 2.79. The van der Waals surface area contributed by atoms with Crippen LogP contribution in [0.1, 0.15) is 32.6 Å². The Morgan fingerprint density at radius 3 is 2.25 bits per heavy atom. The van der Waals surface area contributed by atoms with Gasteiger partial charge in [-0.05, 0) is 30.3 Å². The molecule has 1 aromatic heterocycles. The van der Waals surface area contributed by atoms with Gasteiger partial charge in [-0.2, -0.15) is 0 Å². The number of amides is 1. The Hall–Kier alpha value is -0.870. The molecular formula is C16H28N2OS. The third-order valence-electron chi connectivity index (χ3n) is 2.93. The highest BCUT2D eigenvalue weighted by Gasteiger charge is 2.17. The van der Waals surface area contributed by atoms with Crippen LogP contribution in [0.5, 0.6) is 0 Å². The maximum atomic E-state index is 12.4. The third-order valence-corrected chi connectivity index (χ3v) is 3.80. The first-order valence-electron chi connectivity index (χ1n) is 7.37. The summed E-state index contributed by atoms with van der Waals surface area (Å²) in [4.78, 5) is 17.9. The molecular weight excluding hydrogens is 268 g/mol. The maximum absolute atomic E-state index is 12.4. The summed E-state index contributed by atoms with van der Waals surface area (Å²) in [5, 5.41) is 2.08. The Labute approximate surface area is 127 Å². The standard InChI is InChI=1S/C16H28N2OS/c1-13(2)9-18(10-14(3)4)16(19)12-17(5)11-15-7-6-8-20-15/h6-8,13-14H,9-12H2,1-5H3. The van der Waals surface area contributed by atoms with E-state index in [1.807, 2.05) is 11.9 Å². The Kier molecular flexibility index (Phi) is 7.24. The topological polar surface area (TPSA) is 23.6 Å². The van der Waals surface area contributed by atoms with Crippen LogP contribution in [0.25, 0.3) is 0 Å². The molecule has 0 atom stereocenters. The number of thiophene rings is 1. The molecule has 0 aromatic carbocycles.